The number of ether oxygens (including phenoxy) is 2. The Labute approximate surface area is 155 Å². The first-order chi connectivity index (χ1) is 12.0. The van der Waals surface area contributed by atoms with Gasteiger partial charge < -0.3 is 9.47 Å². The van der Waals surface area contributed by atoms with Crippen molar-refractivity contribution in [3.8, 4) is 5.75 Å². The molecule has 0 saturated heterocycles. The van der Waals surface area contributed by atoms with Gasteiger partial charge in [0.15, 0.2) is 0 Å². The van der Waals surface area contributed by atoms with E-state index >= 15 is 0 Å². The number of halogens is 2. The Balaban J connectivity index is 1.99. The van der Waals surface area contributed by atoms with Gasteiger partial charge in [-0.25, -0.2) is 0 Å². The number of hydrogen-bond acceptors (Lipinski definition) is 4. The molecule has 7 heteroatoms. The van der Waals surface area contributed by atoms with E-state index in [9.17, 15) is 4.79 Å². The monoisotopic (exact) mass is 378 g/mol. The van der Waals surface area contributed by atoms with Crippen LogP contribution in [0.15, 0.2) is 47.6 Å². The molecule has 0 bridgehead atoms. The van der Waals surface area contributed by atoms with E-state index in [1.807, 2.05) is 31.2 Å². The molecule has 0 aromatic heterocycles. The highest BCUT2D eigenvalue weighted by Gasteiger charge is 2.35. The predicted molar refractivity (Wildman–Crippen MR) is 97.0 cm³/mol. The Hall–Kier alpha value is -2.24. The molecule has 0 radical (unpaired) electrons. The highest BCUT2D eigenvalue weighted by atomic mass is 35.5. The van der Waals surface area contributed by atoms with Crippen molar-refractivity contribution in [1.29, 1.82) is 0 Å². The largest absolute Gasteiger partial charge is 0.493 e. The molecule has 0 fully saturated rings. The summed E-state index contributed by atoms with van der Waals surface area (Å²) in [6.07, 6.45) is -0.720. The highest BCUT2D eigenvalue weighted by Crippen LogP contribution is 2.36. The summed E-state index contributed by atoms with van der Waals surface area (Å²) < 4.78 is 11.6. The van der Waals surface area contributed by atoms with Crippen molar-refractivity contribution >= 4 is 35.0 Å². The Morgan fingerprint density at radius 3 is 2.72 bits per heavy atom. The SMILES string of the molecule is CCOc1ccccc1[C@@H]1OC(c2ccc(Cl)cc2Cl)=NN1C(C)=O. The summed E-state index contributed by atoms with van der Waals surface area (Å²) in [6, 6.07) is 12.4. The molecule has 5 nitrogen and oxygen atoms in total. The van der Waals surface area contributed by atoms with Gasteiger partial charge in [0.05, 0.1) is 22.8 Å². The number of para-hydroxylation sites is 1. The lowest BCUT2D eigenvalue weighted by atomic mass is 10.1. The average Bonchev–Trinajstić information content (AvgIpc) is 3.01. The minimum atomic E-state index is -0.720. The summed E-state index contributed by atoms with van der Waals surface area (Å²) in [5, 5.41) is 6.48. The first-order valence-corrected chi connectivity index (χ1v) is 8.49. The van der Waals surface area contributed by atoms with E-state index in [0.717, 1.165) is 0 Å². The molecule has 1 heterocycles. The van der Waals surface area contributed by atoms with Gasteiger partial charge in [-0.1, -0.05) is 35.3 Å². The lowest BCUT2D eigenvalue weighted by Crippen LogP contribution is -2.25. The molecule has 0 aliphatic carbocycles. The van der Waals surface area contributed by atoms with Crippen LogP contribution < -0.4 is 4.74 Å². The van der Waals surface area contributed by atoms with E-state index in [-0.39, 0.29) is 11.8 Å². The quantitative estimate of drug-likeness (QED) is 0.778. The van der Waals surface area contributed by atoms with Crippen LogP contribution in [0.2, 0.25) is 10.0 Å². The van der Waals surface area contributed by atoms with E-state index < -0.39 is 6.23 Å². The second-order valence-electron chi connectivity index (χ2n) is 5.33. The number of carbonyl (C=O) groups excluding carboxylic acids is 1. The molecule has 1 amide bonds. The maximum Gasteiger partial charge on any atom is 0.243 e. The summed E-state index contributed by atoms with van der Waals surface area (Å²) in [7, 11) is 0. The van der Waals surface area contributed by atoms with Gasteiger partial charge in [0, 0.05) is 11.9 Å². The Kier molecular flexibility index (Phi) is 5.16. The fraction of sp³-hybridized carbons (Fsp3) is 0.222. The van der Waals surface area contributed by atoms with Crippen LogP contribution in [0.1, 0.15) is 31.2 Å². The minimum absolute atomic E-state index is 0.253. The number of hydrazone groups is 1. The van der Waals surface area contributed by atoms with Crippen LogP contribution >= 0.6 is 23.2 Å². The molecule has 0 saturated carbocycles. The highest BCUT2D eigenvalue weighted by molar-refractivity contribution is 6.36. The topological polar surface area (TPSA) is 51.1 Å². The van der Waals surface area contributed by atoms with Crippen LogP contribution in [-0.2, 0) is 9.53 Å². The van der Waals surface area contributed by atoms with Gasteiger partial charge in [0.2, 0.25) is 18.0 Å². The van der Waals surface area contributed by atoms with Crippen LogP contribution in [0.5, 0.6) is 5.75 Å². The van der Waals surface area contributed by atoms with Crippen molar-refractivity contribution in [3.05, 3.63) is 63.6 Å². The third kappa shape index (κ3) is 3.57. The average molecular weight is 379 g/mol. The third-order valence-corrected chi connectivity index (χ3v) is 4.16. The smallest absolute Gasteiger partial charge is 0.243 e. The van der Waals surface area contributed by atoms with E-state index in [1.54, 1.807) is 18.2 Å². The normalized spacial score (nSPS) is 16.4. The standard InChI is InChI=1S/C18H16Cl2N2O3/c1-3-24-16-7-5-4-6-14(16)18-22(11(2)23)21-17(25-18)13-9-8-12(19)10-15(13)20/h4-10,18H,3H2,1-2H3/t18-/m0/s1. The maximum atomic E-state index is 12.1. The molecule has 2 aromatic carbocycles. The number of nitrogens with zero attached hydrogens (tertiary/aromatic N) is 2. The molecular formula is C18H16Cl2N2O3. The van der Waals surface area contributed by atoms with Gasteiger partial charge in [-0.15, -0.1) is 5.10 Å². The fourth-order valence-electron chi connectivity index (χ4n) is 2.51. The molecule has 0 unspecified atom stereocenters. The molecule has 25 heavy (non-hydrogen) atoms. The van der Waals surface area contributed by atoms with Crippen LogP contribution in [-0.4, -0.2) is 23.4 Å². The predicted octanol–water partition coefficient (Wildman–Crippen LogP) is 4.63. The second-order valence-corrected chi connectivity index (χ2v) is 6.18. The first-order valence-electron chi connectivity index (χ1n) is 7.73. The van der Waals surface area contributed by atoms with Crippen LogP contribution in [0.25, 0.3) is 0 Å². The molecule has 1 aliphatic rings. The van der Waals surface area contributed by atoms with Crippen LogP contribution in [0.3, 0.4) is 0 Å². The first kappa shape index (κ1) is 17.6. The lowest BCUT2D eigenvalue weighted by Gasteiger charge is -2.21. The Morgan fingerprint density at radius 2 is 2.04 bits per heavy atom. The summed E-state index contributed by atoms with van der Waals surface area (Å²) in [5.41, 5.74) is 1.28. The van der Waals surface area contributed by atoms with E-state index in [0.29, 0.717) is 33.5 Å². The fourth-order valence-corrected chi connectivity index (χ4v) is 3.00. The van der Waals surface area contributed by atoms with Gasteiger partial charge in [-0.05, 0) is 37.3 Å². The number of hydrogen-bond donors (Lipinski definition) is 0. The number of amides is 1. The van der Waals surface area contributed by atoms with Crippen molar-refractivity contribution < 1.29 is 14.3 Å². The maximum absolute atomic E-state index is 12.1. The van der Waals surface area contributed by atoms with Gasteiger partial charge in [-0.2, -0.15) is 5.01 Å². The van der Waals surface area contributed by atoms with E-state index in [1.165, 1.54) is 11.9 Å². The summed E-state index contributed by atoms with van der Waals surface area (Å²) in [5.74, 6) is 0.643. The van der Waals surface area contributed by atoms with E-state index in [4.69, 9.17) is 32.7 Å². The Bertz CT molecular complexity index is 839. The zero-order chi connectivity index (χ0) is 18.0. The van der Waals surface area contributed by atoms with Crippen molar-refractivity contribution in [3.63, 3.8) is 0 Å². The van der Waals surface area contributed by atoms with Gasteiger partial charge in [0.1, 0.15) is 5.75 Å². The summed E-state index contributed by atoms with van der Waals surface area (Å²) >= 11 is 12.2. The van der Waals surface area contributed by atoms with Gasteiger partial charge in [0.25, 0.3) is 0 Å². The van der Waals surface area contributed by atoms with Crippen LogP contribution in [0, 0.1) is 0 Å². The molecule has 1 atom stereocenters. The molecule has 0 N–H and O–H groups in total. The molecule has 0 spiro atoms. The molecule has 3 rings (SSSR count). The molecule has 1 aliphatic heterocycles. The number of rotatable bonds is 4. The van der Waals surface area contributed by atoms with Gasteiger partial charge >= 0.3 is 0 Å². The molecule has 130 valence electrons. The van der Waals surface area contributed by atoms with Gasteiger partial charge in [-0.3, -0.25) is 4.79 Å². The van der Waals surface area contributed by atoms with Crippen molar-refractivity contribution in [2.24, 2.45) is 5.10 Å². The number of carbonyl (C=O) groups is 1. The molecule has 2 aromatic rings. The molecular weight excluding hydrogens is 363 g/mol. The minimum Gasteiger partial charge on any atom is -0.493 e. The second kappa shape index (κ2) is 7.33. The van der Waals surface area contributed by atoms with Crippen molar-refractivity contribution in [2.75, 3.05) is 6.61 Å². The summed E-state index contributed by atoms with van der Waals surface area (Å²) in [6.45, 7) is 3.82. The lowest BCUT2D eigenvalue weighted by molar-refractivity contribution is -0.135. The third-order valence-electron chi connectivity index (χ3n) is 3.61. The van der Waals surface area contributed by atoms with Crippen molar-refractivity contribution in [1.82, 2.24) is 5.01 Å². The zero-order valence-electron chi connectivity index (χ0n) is 13.7. The zero-order valence-corrected chi connectivity index (χ0v) is 15.2. The Morgan fingerprint density at radius 1 is 1.28 bits per heavy atom. The summed E-state index contributed by atoms with van der Waals surface area (Å²) in [4.78, 5) is 12.1. The van der Waals surface area contributed by atoms with Crippen molar-refractivity contribution in [2.45, 2.75) is 20.1 Å². The van der Waals surface area contributed by atoms with Crippen LogP contribution in [0.4, 0.5) is 0 Å². The van der Waals surface area contributed by atoms with E-state index in [2.05, 4.69) is 5.10 Å². The number of benzene rings is 2.